The highest BCUT2D eigenvalue weighted by atomic mass is 16.5. The van der Waals surface area contributed by atoms with Crippen LogP contribution in [0.4, 0.5) is 0 Å². The number of hydrogen-bond acceptors (Lipinski definition) is 3. The van der Waals surface area contributed by atoms with Crippen molar-refractivity contribution in [2.45, 2.75) is 27.2 Å². The zero-order chi connectivity index (χ0) is 13.4. The molecule has 0 aliphatic carbocycles. The number of nitrogens with zero attached hydrogens (tertiary/aromatic N) is 1. The van der Waals surface area contributed by atoms with Crippen molar-refractivity contribution in [2.24, 2.45) is 5.92 Å². The van der Waals surface area contributed by atoms with Crippen molar-refractivity contribution in [3.63, 3.8) is 0 Å². The first-order chi connectivity index (χ1) is 8.59. The molecule has 0 radical (unpaired) electrons. The van der Waals surface area contributed by atoms with Crippen molar-refractivity contribution in [1.29, 1.82) is 0 Å². The summed E-state index contributed by atoms with van der Waals surface area (Å²) < 4.78 is 5.43. The Labute approximate surface area is 109 Å². The van der Waals surface area contributed by atoms with Crippen molar-refractivity contribution in [1.82, 2.24) is 10.3 Å². The zero-order valence-electron chi connectivity index (χ0n) is 11.4. The second kappa shape index (κ2) is 7.82. The van der Waals surface area contributed by atoms with Gasteiger partial charge in [0.25, 0.3) is 5.91 Å². The van der Waals surface area contributed by atoms with Gasteiger partial charge in [-0.1, -0.05) is 13.8 Å². The topological polar surface area (TPSA) is 51.2 Å². The summed E-state index contributed by atoms with van der Waals surface area (Å²) in [6.45, 7) is 8.22. The Morgan fingerprint density at radius 3 is 2.83 bits per heavy atom. The lowest BCUT2D eigenvalue weighted by Gasteiger charge is -2.07. The molecule has 0 aromatic carbocycles. The van der Waals surface area contributed by atoms with Crippen molar-refractivity contribution in [2.75, 3.05) is 19.8 Å². The maximum atomic E-state index is 11.7. The summed E-state index contributed by atoms with van der Waals surface area (Å²) in [5.41, 5.74) is 1.51. The molecular formula is C14H22N2O2. The first-order valence-electron chi connectivity index (χ1n) is 6.38. The lowest BCUT2D eigenvalue weighted by Crippen LogP contribution is -2.25. The van der Waals surface area contributed by atoms with E-state index in [1.807, 2.05) is 13.0 Å². The molecule has 0 unspecified atom stereocenters. The Balaban J connectivity index is 2.16. The van der Waals surface area contributed by atoms with Gasteiger partial charge in [-0.3, -0.25) is 9.78 Å². The third-order valence-corrected chi connectivity index (χ3v) is 2.38. The van der Waals surface area contributed by atoms with Gasteiger partial charge < -0.3 is 10.1 Å². The minimum absolute atomic E-state index is 0.0774. The molecule has 1 amide bonds. The van der Waals surface area contributed by atoms with Crippen LogP contribution in [-0.4, -0.2) is 30.6 Å². The molecule has 0 bridgehead atoms. The maximum absolute atomic E-state index is 11.7. The molecule has 0 saturated carbocycles. The van der Waals surface area contributed by atoms with Crippen LogP contribution in [0.2, 0.25) is 0 Å². The van der Waals surface area contributed by atoms with Gasteiger partial charge >= 0.3 is 0 Å². The van der Waals surface area contributed by atoms with Gasteiger partial charge in [-0.15, -0.1) is 0 Å². The summed E-state index contributed by atoms with van der Waals surface area (Å²) >= 11 is 0. The fraction of sp³-hybridized carbons (Fsp3) is 0.571. The highest BCUT2D eigenvalue weighted by molar-refractivity contribution is 5.93. The lowest BCUT2D eigenvalue weighted by atomic mass is 10.2. The van der Waals surface area contributed by atoms with E-state index < -0.39 is 0 Å². The van der Waals surface area contributed by atoms with Crippen LogP contribution in [0, 0.1) is 12.8 Å². The van der Waals surface area contributed by atoms with Crippen LogP contribution in [-0.2, 0) is 4.74 Å². The van der Waals surface area contributed by atoms with Crippen LogP contribution >= 0.6 is 0 Å². The third-order valence-electron chi connectivity index (χ3n) is 2.38. The molecule has 0 saturated heterocycles. The Morgan fingerprint density at radius 2 is 2.22 bits per heavy atom. The quantitative estimate of drug-likeness (QED) is 0.755. The molecule has 1 aromatic rings. The number of rotatable bonds is 7. The monoisotopic (exact) mass is 250 g/mol. The van der Waals surface area contributed by atoms with Crippen LogP contribution in [0.5, 0.6) is 0 Å². The van der Waals surface area contributed by atoms with Crippen molar-refractivity contribution < 1.29 is 9.53 Å². The van der Waals surface area contributed by atoms with Gasteiger partial charge in [0.2, 0.25) is 0 Å². The first-order valence-corrected chi connectivity index (χ1v) is 6.38. The molecular weight excluding hydrogens is 228 g/mol. The second-order valence-corrected chi connectivity index (χ2v) is 4.77. The Hall–Kier alpha value is -1.42. The molecule has 0 atom stereocenters. The van der Waals surface area contributed by atoms with Crippen LogP contribution in [0.3, 0.4) is 0 Å². The molecule has 100 valence electrons. The molecule has 1 rings (SSSR count). The molecule has 0 aliphatic heterocycles. The summed E-state index contributed by atoms with van der Waals surface area (Å²) in [6, 6.07) is 3.62. The number of pyridine rings is 1. The Morgan fingerprint density at radius 1 is 1.44 bits per heavy atom. The zero-order valence-corrected chi connectivity index (χ0v) is 11.4. The van der Waals surface area contributed by atoms with Crippen LogP contribution < -0.4 is 5.32 Å². The van der Waals surface area contributed by atoms with Gasteiger partial charge in [-0.25, -0.2) is 0 Å². The third kappa shape index (κ3) is 5.77. The van der Waals surface area contributed by atoms with E-state index in [4.69, 9.17) is 4.74 Å². The Bertz CT molecular complexity index is 361. The van der Waals surface area contributed by atoms with E-state index in [0.29, 0.717) is 24.6 Å². The molecule has 0 spiro atoms. The summed E-state index contributed by atoms with van der Waals surface area (Å²) in [7, 11) is 0. The van der Waals surface area contributed by atoms with Crippen LogP contribution in [0.1, 0.15) is 36.3 Å². The second-order valence-electron chi connectivity index (χ2n) is 4.77. The SMILES string of the molecule is Cc1ccc(C(=O)NCCCOCC(C)C)cn1. The highest BCUT2D eigenvalue weighted by Crippen LogP contribution is 1.99. The summed E-state index contributed by atoms with van der Waals surface area (Å²) in [4.78, 5) is 15.8. The maximum Gasteiger partial charge on any atom is 0.252 e. The number of carbonyl (C=O) groups is 1. The van der Waals surface area contributed by atoms with Crippen LogP contribution in [0.15, 0.2) is 18.3 Å². The molecule has 4 nitrogen and oxygen atoms in total. The van der Waals surface area contributed by atoms with Gasteiger partial charge in [0.15, 0.2) is 0 Å². The average molecular weight is 250 g/mol. The molecule has 18 heavy (non-hydrogen) atoms. The smallest absolute Gasteiger partial charge is 0.252 e. The van der Waals surface area contributed by atoms with E-state index in [2.05, 4.69) is 24.1 Å². The predicted molar refractivity (Wildman–Crippen MR) is 71.6 cm³/mol. The molecule has 1 N–H and O–H groups in total. The van der Waals surface area contributed by atoms with E-state index >= 15 is 0 Å². The van der Waals surface area contributed by atoms with Gasteiger partial charge in [0.1, 0.15) is 0 Å². The van der Waals surface area contributed by atoms with E-state index in [1.165, 1.54) is 0 Å². The van der Waals surface area contributed by atoms with E-state index in [0.717, 1.165) is 18.7 Å². The van der Waals surface area contributed by atoms with Gasteiger partial charge in [-0.2, -0.15) is 0 Å². The summed E-state index contributed by atoms with van der Waals surface area (Å²) in [6.07, 6.45) is 2.43. The molecule has 0 aliphatic rings. The minimum Gasteiger partial charge on any atom is -0.381 e. The number of aryl methyl sites for hydroxylation is 1. The number of aromatic nitrogens is 1. The normalized spacial score (nSPS) is 10.7. The highest BCUT2D eigenvalue weighted by Gasteiger charge is 2.04. The summed E-state index contributed by atoms with van der Waals surface area (Å²) in [5, 5.41) is 2.85. The fourth-order valence-electron chi connectivity index (χ4n) is 1.40. The first kappa shape index (κ1) is 14.6. The largest absolute Gasteiger partial charge is 0.381 e. The van der Waals surface area contributed by atoms with Gasteiger partial charge in [0, 0.05) is 31.6 Å². The summed E-state index contributed by atoms with van der Waals surface area (Å²) in [5.74, 6) is 0.476. The van der Waals surface area contributed by atoms with Gasteiger partial charge in [0.05, 0.1) is 5.56 Å². The van der Waals surface area contributed by atoms with Crippen molar-refractivity contribution >= 4 is 5.91 Å². The van der Waals surface area contributed by atoms with Crippen molar-refractivity contribution in [3.8, 4) is 0 Å². The van der Waals surface area contributed by atoms with E-state index in [9.17, 15) is 4.79 Å². The Kier molecular flexibility index (Phi) is 6.36. The number of hydrogen-bond donors (Lipinski definition) is 1. The minimum atomic E-state index is -0.0774. The predicted octanol–water partition coefficient (Wildman–Crippen LogP) is 2.18. The molecule has 1 heterocycles. The van der Waals surface area contributed by atoms with E-state index in [1.54, 1.807) is 12.3 Å². The lowest BCUT2D eigenvalue weighted by molar-refractivity contribution is 0.0924. The van der Waals surface area contributed by atoms with E-state index in [-0.39, 0.29) is 5.91 Å². The molecule has 1 aromatic heterocycles. The van der Waals surface area contributed by atoms with Crippen LogP contribution in [0.25, 0.3) is 0 Å². The molecule has 0 fully saturated rings. The number of nitrogens with one attached hydrogen (secondary N) is 1. The molecule has 4 heteroatoms. The standard InChI is InChI=1S/C14H22N2O2/c1-11(2)10-18-8-4-7-15-14(17)13-6-5-12(3)16-9-13/h5-6,9,11H,4,7-8,10H2,1-3H3,(H,15,17). The number of ether oxygens (including phenoxy) is 1. The fourth-order valence-corrected chi connectivity index (χ4v) is 1.40. The van der Waals surface area contributed by atoms with Gasteiger partial charge in [-0.05, 0) is 31.4 Å². The number of carbonyl (C=O) groups excluding carboxylic acids is 1. The van der Waals surface area contributed by atoms with Crippen molar-refractivity contribution in [3.05, 3.63) is 29.6 Å². The average Bonchev–Trinajstić information content (AvgIpc) is 2.34. The number of amides is 1.